The van der Waals surface area contributed by atoms with Crippen LogP contribution in [0.1, 0.15) is 45.7 Å². The normalized spacial score (nSPS) is 16.4. The molecule has 0 aromatic heterocycles. The minimum Gasteiger partial charge on any atom is -0.338 e. The summed E-state index contributed by atoms with van der Waals surface area (Å²) in [5, 5.41) is 2.91. The molecule has 20 heavy (non-hydrogen) atoms. The number of urea groups is 1. The number of hydrogen-bond donors (Lipinski definition) is 1. The van der Waals surface area contributed by atoms with Crippen LogP contribution in [0.15, 0.2) is 24.3 Å². The second kappa shape index (κ2) is 5.31. The number of nitrogens with one attached hydrogen (secondary N) is 1. The molecule has 2 amide bonds. The number of benzene rings is 1. The number of allylic oxidation sites excluding steroid dienone is 1. The summed E-state index contributed by atoms with van der Waals surface area (Å²) in [6.45, 7) is 11.0. The second-order valence-electron chi connectivity index (χ2n) is 5.86. The molecule has 108 valence electrons. The van der Waals surface area contributed by atoms with E-state index in [1.807, 2.05) is 11.8 Å². The maximum absolute atomic E-state index is 12.4. The van der Waals surface area contributed by atoms with Gasteiger partial charge in [-0.1, -0.05) is 19.1 Å². The molecule has 2 rings (SSSR count). The van der Waals surface area contributed by atoms with Crippen LogP contribution in [-0.4, -0.2) is 18.1 Å². The highest BCUT2D eigenvalue weighted by Crippen LogP contribution is 2.39. The first-order valence-electron chi connectivity index (χ1n) is 7.31. The van der Waals surface area contributed by atoms with Gasteiger partial charge < -0.3 is 5.32 Å². The molecule has 1 heterocycles. The number of anilines is 1. The molecule has 0 atom stereocenters. The lowest BCUT2D eigenvalue weighted by atomic mass is 9.88. The van der Waals surface area contributed by atoms with Crippen molar-refractivity contribution in [2.75, 3.05) is 11.4 Å². The summed E-state index contributed by atoms with van der Waals surface area (Å²) in [6.07, 6.45) is 3.18. The van der Waals surface area contributed by atoms with E-state index in [2.05, 4.69) is 57.3 Å². The van der Waals surface area contributed by atoms with Crippen molar-refractivity contribution in [2.45, 2.75) is 46.6 Å². The Balaban J connectivity index is 2.56. The third-order valence-corrected chi connectivity index (χ3v) is 3.81. The lowest BCUT2D eigenvalue weighted by Crippen LogP contribution is -2.53. The molecule has 1 aliphatic rings. The van der Waals surface area contributed by atoms with Gasteiger partial charge in [-0.15, -0.1) is 0 Å². The average Bonchev–Trinajstić information content (AvgIpc) is 2.37. The van der Waals surface area contributed by atoms with Crippen molar-refractivity contribution in [3.63, 3.8) is 0 Å². The van der Waals surface area contributed by atoms with Gasteiger partial charge in [-0.25, -0.2) is 4.79 Å². The van der Waals surface area contributed by atoms with E-state index in [4.69, 9.17) is 0 Å². The Labute approximate surface area is 121 Å². The van der Waals surface area contributed by atoms with Crippen molar-refractivity contribution in [3.05, 3.63) is 35.4 Å². The molecule has 1 aliphatic heterocycles. The molecule has 0 saturated heterocycles. The maximum atomic E-state index is 12.4. The number of hydrogen-bond acceptors (Lipinski definition) is 1. The lowest BCUT2D eigenvalue weighted by molar-refractivity contribution is 0.243. The zero-order chi connectivity index (χ0) is 14.9. The quantitative estimate of drug-likeness (QED) is 0.867. The molecular formula is C17H24N2O. The van der Waals surface area contributed by atoms with Crippen LogP contribution in [0.2, 0.25) is 0 Å². The highest BCUT2D eigenvalue weighted by atomic mass is 16.2. The van der Waals surface area contributed by atoms with E-state index in [1.165, 1.54) is 11.1 Å². The van der Waals surface area contributed by atoms with Gasteiger partial charge in [0.1, 0.15) is 0 Å². The van der Waals surface area contributed by atoms with Gasteiger partial charge in [0.2, 0.25) is 0 Å². The first kappa shape index (κ1) is 14.6. The van der Waals surface area contributed by atoms with E-state index in [-0.39, 0.29) is 11.6 Å². The number of carbonyl (C=O) groups excluding carboxylic acids is 1. The Morgan fingerprint density at radius 1 is 1.30 bits per heavy atom. The van der Waals surface area contributed by atoms with Gasteiger partial charge in [-0.05, 0) is 57.4 Å². The van der Waals surface area contributed by atoms with Crippen LogP contribution in [0, 0.1) is 0 Å². The topological polar surface area (TPSA) is 32.3 Å². The lowest BCUT2D eigenvalue weighted by Gasteiger charge is -2.41. The predicted octanol–water partition coefficient (Wildman–Crippen LogP) is 3.98. The molecule has 1 N–H and O–H groups in total. The van der Waals surface area contributed by atoms with Crippen LogP contribution in [0.25, 0.3) is 5.57 Å². The fourth-order valence-corrected chi connectivity index (χ4v) is 2.90. The molecule has 1 aromatic carbocycles. The number of nitrogens with zero attached hydrogens (tertiary/aromatic N) is 1. The molecule has 0 saturated carbocycles. The van der Waals surface area contributed by atoms with Crippen LogP contribution in [0.5, 0.6) is 0 Å². The van der Waals surface area contributed by atoms with E-state index < -0.39 is 0 Å². The molecule has 0 spiro atoms. The minimum absolute atomic E-state index is 0.0354. The van der Waals surface area contributed by atoms with Gasteiger partial charge in [0, 0.05) is 12.1 Å². The Kier molecular flexibility index (Phi) is 3.89. The minimum atomic E-state index is -0.315. The zero-order valence-corrected chi connectivity index (χ0v) is 13.1. The molecule has 0 aliphatic carbocycles. The Morgan fingerprint density at radius 2 is 2.00 bits per heavy atom. The average molecular weight is 272 g/mol. The van der Waals surface area contributed by atoms with Crippen LogP contribution >= 0.6 is 0 Å². The first-order valence-corrected chi connectivity index (χ1v) is 7.31. The van der Waals surface area contributed by atoms with Gasteiger partial charge in [-0.2, -0.15) is 0 Å². The number of aryl methyl sites for hydroxylation is 1. The van der Waals surface area contributed by atoms with Crippen molar-refractivity contribution >= 4 is 17.3 Å². The van der Waals surface area contributed by atoms with Crippen LogP contribution in [0.4, 0.5) is 10.5 Å². The van der Waals surface area contributed by atoms with Crippen molar-refractivity contribution in [1.82, 2.24) is 5.32 Å². The maximum Gasteiger partial charge on any atom is 0.322 e. The number of rotatable bonds is 2. The van der Waals surface area contributed by atoms with Crippen molar-refractivity contribution in [2.24, 2.45) is 0 Å². The predicted molar refractivity (Wildman–Crippen MR) is 85.1 cm³/mol. The van der Waals surface area contributed by atoms with Crippen LogP contribution < -0.4 is 10.2 Å². The van der Waals surface area contributed by atoms with Gasteiger partial charge in [0.15, 0.2) is 0 Å². The Hall–Kier alpha value is -1.77. The zero-order valence-electron chi connectivity index (χ0n) is 13.1. The van der Waals surface area contributed by atoms with E-state index in [0.29, 0.717) is 6.54 Å². The SMILES string of the molecule is CCNC(=O)N1c2ccc(CC)cc2C(C)=CC1(C)C. The van der Waals surface area contributed by atoms with Crippen molar-refractivity contribution in [3.8, 4) is 0 Å². The molecule has 0 fully saturated rings. The summed E-state index contributed by atoms with van der Waals surface area (Å²) in [5.74, 6) is 0. The van der Waals surface area contributed by atoms with Crippen molar-refractivity contribution < 1.29 is 4.79 Å². The smallest absolute Gasteiger partial charge is 0.322 e. The van der Waals surface area contributed by atoms with Gasteiger partial charge in [-0.3, -0.25) is 4.90 Å². The van der Waals surface area contributed by atoms with E-state index in [9.17, 15) is 4.79 Å². The summed E-state index contributed by atoms with van der Waals surface area (Å²) in [4.78, 5) is 14.3. The second-order valence-corrected chi connectivity index (χ2v) is 5.86. The highest BCUT2D eigenvalue weighted by molar-refractivity contribution is 5.99. The fourth-order valence-electron chi connectivity index (χ4n) is 2.90. The largest absolute Gasteiger partial charge is 0.338 e. The molecule has 0 radical (unpaired) electrons. The summed E-state index contributed by atoms with van der Waals surface area (Å²) >= 11 is 0. The van der Waals surface area contributed by atoms with E-state index in [1.54, 1.807) is 0 Å². The van der Waals surface area contributed by atoms with Gasteiger partial charge >= 0.3 is 6.03 Å². The van der Waals surface area contributed by atoms with E-state index in [0.717, 1.165) is 17.7 Å². The number of carbonyl (C=O) groups is 1. The van der Waals surface area contributed by atoms with Gasteiger partial charge in [0.05, 0.1) is 11.2 Å². The summed E-state index contributed by atoms with van der Waals surface area (Å²) in [7, 11) is 0. The molecule has 0 unspecified atom stereocenters. The Morgan fingerprint density at radius 3 is 2.60 bits per heavy atom. The van der Waals surface area contributed by atoms with Crippen LogP contribution in [0.3, 0.4) is 0 Å². The Bertz CT molecular complexity index is 558. The molecule has 3 nitrogen and oxygen atoms in total. The third-order valence-electron chi connectivity index (χ3n) is 3.81. The third kappa shape index (κ3) is 2.45. The summed E-state index contributed by atoms with van der Waals surface area (Å²) < 4.78 is 0. The molecular weight excluding hydrogens is 248 g/mol. The molecule has 0 bridgehead atoms. The summed E-state index contributed by atoms with van der Waals surface area (Å²) in [6, 6.07) is 6.34. The molecule has 1 aromatic rings. The first-order chi connectivity index (χ1) is 9.40. The standard InChI is InChI=1S/C17H24N2O/c1-6-13-8-9-15-14(10-13)12(3)11-17(4,5)19(15)16(20)18-7-2/h8-11H,6-7H2,1-5H3,(H,18,20). The summed E-state index contributed by atoms with van der Waals surface area (Å²) in [5.41, 5.74) is 4.38. The van der Waals surface area contributed by atoms with Crippen LogP contribution in [-0.2, 0) is 6.42 Å². The monoisotopic (exact) mass is 272 g/mol. The number of fused-ring (bicyclic) bond motifs is 1. The van der Waals surface area contributed by atoms with E-state index >= 15 is 0 Å². The highest BCUT2D eigenvalue weighted by Gasteiger charge is 2.35. The van der Waals surface area contributed by atoms with Crippen molar-refractivity contribution in [1.29, 1.82) is 0 Å². The molecule has 3 heteroatoms. The number of amides is 2. The fraction of sp³-hybridized carbons (Fsp3) is 0.471. The van der Waals surface area contributed by atoms with Gasteiger partial charge in [0.25, 0.3) is 0 Å².